The van der Waals surface area contributed by atoms with Crippen LogP contribution in [0.4, 0.5) is 0 Å². The number of carbonyl (C=O) groups excluding carboxylic acids is 2. The minimum absolute atomic E-state index is 0.113. The number of nitrogens with zero attached hydrogens (tertiary/aromatic N) is 3. The van der Waals surface area contributed by atoms with Crippen LogP contribution >= 0.6 is 0 Å². The van der Waals surface area contributed by atoms with Crippen molar-refractivity contribution in [3.63, 3.8) is 0 Å². The standard InChI is InChI=1S/C14H15N3O3/c1-9-13(14(19)20-11(3)10(2)18)16-17(15-9)12-7-5-4-6-8-12/h4-8,11H,1-3H3. The van der Waals surface area contributed by atoms with Crippen LogP contribution in [-0.2, 0) is 9.53 Å². The van der Waals surface area contributed by atoms with E-state index in [9.17, 15) is 9.59 Å². The molecule has 0 aliphatic heterocycles. The van der Waals surface area contributed by atoms with Crippen molar-refractivity contribution >= 4 is 11.8 Å². The number of benzene rings is 1. The van der Waals surface area contributed by atoms with Crippen LogP contribution in [0.15, 0.2) is 30.3 Å². The highest BCUT2D eigenvalue weighted by atomic mass is 16.5. The van der Waals surface area contributed by atoms with Gasteiger partial charge < -0.3 is 4.74 Å². The molecular weight excluding hydrogens is 258 g/mol. The third-order valence-electron chi connectivity index (χ3n) is 2.82. The van der Waals surface area contributed by atoms with Crippen molar-refractivity contribution in [1.82, 2.24) is 15.0 Å². The number of esters is 1. The van der Waals surface area contributed by atoms with Crippen LogP contribution in [0.5, 0.6) is 0 Å². The zero-order chi connectivity index (χ0) is 14.7. The Hall–Kier alpha value is -2.50. The summed E-state index contributed by atoms with van der Waals surface area (Å²) in [5.41, 5.74) is 1.31. The average molecular weight is 273 g/mol. The van der Waals surface area contributed by atoms with Gasteiger partial charge in [-0.15, -0.1) is 5.10 Å². The number of hydrogen-bond donors (Lipinski definition) is 0. The fourth-order valence-corrected chi connectivity index (χ4v) is 1.54. The number of Topliss-reactive ketones (excluding diaryl/α,β-unsaturated/α-hetero) is 1. The molecule has 104 valence electrons. The number of hydrogen-bond acceptors (Lipinski definition) is 5. The van der Waals surface area contributed by atoms with Crippen LogP contribution in [0.1, 0.15) is 30.0 Å². The Morgan fingerprint density at radius 3 is 2.45 bits per heavy atom. The van der Waals surface area contributed by atoms with Crippen LogP contribution in [0.2, 0.25) is 0 Å². The highest BCUT2D eigenvalue weighted by Gasteiger charge is 2.21. The molecule has 1 aromatic heterocycles. The second-order valence-electron chi connectivity index (χ2n) is 4.42. The highest BCUT2D eigenvalue weighted by Crippen LogP contribution is 2.10. The summed E-state index contributed by atoms with van der Waals surface area (Å²) < 4.78 is 5.02. The first-order valence-electron chi connectivity index (χ1n) is 6.20. The van der Waals surface area contributed by atoms with Gasteiger partial charge in [0.2, 0.25) is 0 Å². The first-order chi connectivity index (χ1) is 9.49. The van der Waals surface area contributed by atoms with Gasteiger partial charge in [0.05, 0.1) is 11.4 Å². The molecule has 0 amide bonds. The van der Waals surface area contributed by atoms with Crippen LogP contribution in [0.3, 0.4) is 0 Å². The van der Waals surface area contributed by atoms with E-state index in [2.05, 4.69) is 10.2 Å². The van der Waals surface area contributed by atoms with E-state index in [0.29, 0.717) is 5.69 Å². The molecule has 1 unspecified atom stereocenters. The molecule has 2 rings (SSSR count). The van der Waals surface area contributed by atoms with Crippen molar-refractivity contribution in [3.8, 4) is 5.69 Å². The molecule has 6 nitrogen and oxygen atoms in total. The molecule has 0 spiro atoms. The fourth-order valence-electron chi connectivity index (χ4n) is 1.54. The normalized spacial score (nSPS) is 11.9. The summed E-state index contributed by atoms with van der Waals surface area (Å²) in [6, 6.07) is 9.23. The number of ether oxygens (including phenoxy) is 1. The first kappa shape index (κ1) is 13.9. The molecule has 1 heterocycles. The molecule has 1 atom stereocenters. The Labute approximate surface area is 116 Å². The van der Waals surface area contributed by atoms with Gasteiger partial charge in [0.25, 0.3) is 0 Å². The quantitative estimate of drug-likeness (QED) is 0.793. The molecule has 0 fully saturated rings. The van der Waals surface area contributed by atoms with Gasteiger partial charge >= 0.3 is 5.97 Å². The van der Waals surface area contributed by atoms with E-state index in [4.69, 9.17) is 4.74 Å². The lowest BCUT2D eigenvalue weighted by molar-refractivity contribution is -0.124. The maximum absolute atomic E-state index is 11.9. The molecule has 0 N–H and O–H groups in total. The molecule has 0 aliphatic rings. The van der Waals surface area contributed by atoms with Crippen LogP contribution < -0.4 is 0 Å². The Balaban J connectivity index is 2.24. The molecule has 20 heavy (non-hydrogen) atoms. The smallest absolute Gasteiger partial charge is 0.361 e. The van der Waals surface area contributed by atoms with Gasteiger partial charge in [-0.1, -0.05) is 18.2 Å². The summed E-state index contributed by atoms with van der Waals surface area (Å²) in [5, 5.41) is 8.29. The largest absolute Gasteiger partial charge is 0.450 e. The van der Waals surface area contributed by atoms with Crippen molar-refractivity contribution < 1.29 is 14.3 Å². The molecule has 0 saturated heterocycles. The third kappa shape index (κ3) is 2.90. The molecular formula is C14H15N3O3. The number of ketones is 1. The molecule has 0 bridgehead atoms. The lowest BCUT2D eigenvalue weighted by atomic mass is 10.3. The van der Waals surface area contributed by atoms with E-state index < -0.39 is 12.1 Å². The van der Waals surface area contributed by atoms with Gasteiger partial charge in [0, 0.05) is 0 Å². The minimum atomic E-state index is -0.788. The third-order valence-corrected chi connectivity index (χ3v) is 2.82. The zero-order valence-electron chi connectivity index (χ0n) is 11.5. The molecule has 1 aromatic carbocycles. The van der Waals surface area contributed by atoms with Gasteiger partial charge in [-0.05, 0) is 32.9 Å². The van der Waals surface area contributed by atoms with Crippen molar-refractivity contribution in [2.24, 2.45) is 0 Å². The SMILES string of the molecule is CC(=O)C(C)OC(=O)c1nn(-c2ccccc2)nc1C. The summed E-state index contributed by atoms with van der Waals surface area (Å²) in [5.74, 6) is -0.862. The van der Waals surface area contributed by atoms with Crippen molar-refractivity contribution in [2.45, 2.75) is 26.9 Å². The van der Waals surface area contributed by atoms with Crippen LogP contribution in [-0.4, -0.2) is 32.9 Å². The number of aryl methyl sites for hydroxylation is 1. The van der Waals surface area contributed by atoms with Crippen LogP contribution in [0.25, 0.3) is 5.69 Å². The van der Waals surface area contributed by atoms with Crippen LogP contribution in [0, 0.1) is 6.92 Å². The topological polar surface area (TPSA) is 74.1 Å². The number of para-hydroxylation sites is 1. The van der Waals surface area contributed by atoms with Gasteiger partial charge in [0.15, 0.2) is 17.6 Å². The van der Waals surface area contributed by atoms with Crippen molar-refractivity contribution in [2.75, 3.05) is 0 Å². The second kappa shape index (κ2) is 5.64. The summed E-state index contributed by atoms with van der Waals surface area (Å²) in [4.78, 5) is 24.4. The Bertz CT molecular complexity index is 634. The van der Waals surface area contributed by atoms with E-state index in [0.717, 1.165) is 5.69 Å². The van der Waals surface area contributed by atoms with Gasteiger partial charge in [0.1, 0.15) is 0 Å². The van der Waals surface area contributed by atoms with E-state index >= 15 is 0 Å². The predicted octanol–water partition coefficient (Wildman–Crippen LogP) is 1.71. The summed E-state index contributed by atoms with van der Waals surface area (Å²) in [6.45, 7) is 4.56. The van der Waals surface area contributed by atoms with E-state index in [1.807, 2.05) is 30.3 Å². The molecule has 0 radical (unpaired) electrons. The molecule has 0 aliphatic carbocycles. The van der Waals surface area contributed by atoms with Gasteiger partial charge in [-0.2, -0.15) is 9.90 Å². The number of rotatable bonds is 4. The lowest BCUT2D eigenvalue weighted by Crippen LogP contribution is -2.22. The summed E-state index contributed by atoms with van der Waals surface area (Å²) in [7, 11) is 0. The maximum atomic E-state index is 11.9. The molecule has 2 aromatic rings. The predicted molar refractivity (Wildman–Crippen MR) is 71.7 cm³/mol. The Morgan fingerprint density at radius 2 is 1.85 bits per heavy atom. The summed E-state index contributed by atoms with van der Waals surface area (Å²) in [6.07, 6.45) is -0.788. The van der Waals surface area contributed by atoms with Crippen molar-refractivity contribution in [3.05, 3.63) is 41.7 Å². The zero-order valence-corrected chi connectivity index (χ0v) is 11.5. The second-order valence-corrected chi connectivity index (χ2v) is 4.42. The maximum Gasteiger partial charge on any atom is 0.361 e. The Kier molecular flexibility index (Phi) is 3.93. The van der Waals surface area contributed by atoms with Gasteiger partial charge in [-0.3, -0.25) is 4.79 Å². The highest BCUT2D eigenvalue weighted by molar-refractivity contribution is 5.91. The van der Waals surface area contributed by atoms with Crippen molar-refractivity contribution in [1.29, 1.82) is 0 Å². The van der Waals surface area contributed by atoms with E-state index in [1.54, 1.807) is 6.92 Å². The molecule has 0 saturated carbocycles. The average Bonchev–Trinajstić information content (AvgIpc) is 2.81. The first-order valence-corrected chi connectivity index (χ1v) is 6.20. The minimum Gasteiger partial charge on any atom is -0.450 e. The fraction of sp³-hybridized carbons (Fsp3) is 0.286. The van der Waals surface area contributed by atoms with Gasteiger partial charge in [-0.25, -0.2) is 4.79 Å². The molecule has 6 heteroatoms. The number of aromatic nitrogens is 3. The monoisotopic (exact) mass is 273 g/mol. The number of carbonyl (C=O) groups is 2. The lowest BCUT2D eigenvalue weighted by Gasteiger charge is -2.08. The Morgan fingerprint density at radius 1 is 1.20 bits per heavy atom. The summed E-state index contributed by atoms with van der Waals surface area (Å²) >= 11 is 0. The van der Waals surface area contributed by atoms with E-state index in [-0.39, 0.29) is 11.5 Å². The van der Waals surface area contributed by atoms with E-state index in [1.165, 1.54) is 18.6 Å².